The molecule has 2 heterocycles. The number of rotatable bonds is 8. The summed E-state index contributed by atoms with van der Waals surface area (Å²) < 4.78 is 0. The lowest BCUT2D eigenvalue weighted by Crippen LogP contribution is -2.38. The molecule has 0 bridgehead atoms. The molecular weight excluding hydrogens is 218 g/mol. The van der Waals surface area contributed by atoms with Crippen LogP contribution in [0.3, 0.4) is 0 Å². The Morgan fingerprint density at radius 2 is 1.33 bits per heavy atom. The number of hydrogen-bond acceptors (Lipinski definition) is 1. The highest BCUT2D eigenvalue weighted by molar-refractivity contribution is 4.97. The summed E-state index contributed by atoms with van der Waals surface area (Å²) in [5, 5.41) is 0. The third-order valence-electron chi connectivity index (χ3n) is 5.21. The topological polar surface area (TPSA) is 3.24 Å². The fourth-order valence-corrected chi connectivity index (χ4v) is 4.24. The van der Waals surface area contributed by atoms with Gasteiger partial charge in [-0.25, -0.2) is 0 Å². The molecule has 1 nitrogen and oxygen atoms in total. The van der Waals surface area contributed by atoms with Crippen molar-refractivity contribution in [1.29, 1.82) is 0 Å². The summed E-state index contributed by atoms with van der Waals surface area (Å²) in [5.74, 6) is 0. The third-order valence-corrected chi connectivity index (χ3v) is 5.21. The van der Waals surface area contributed by atoms with E-state index in [1.807, 2.05) is 0 Å². The Labute approximate surface area is 114 Å². The van der Waals surface area contributed by atoms with Gasteiger partial charge in [0.25, 0.3) is 0 Å². The van der Waals surface area contributed by atoms with E-state index in [0.717, 1.165) is 18.1 Å². The Morgan fingerprint density at radius 1 is 0.722 bits per heavy atom. The molecule has 2 saturated heterocycles. The van der Waals surface area contributed by atoms with E-state index in [2.05, 4.69) is 18.7 Å². The molecule has 2 rings (SSSR count). The zero-order valence-electron chi connectivity index (χ0n) is 12.7. The van der Waals surface area contributed by atoms with Crippen LogP contribution in [0.2, 0.25) is 0 Å². The standard InChI is InChI=1S/C17H33N/c1-3-5-7-8-10-16-12-14-17-13-11-15(18(16)17)9-6-4-2/h15-17H,3-14H2,1-2H3. The van der Waals surface area contributed by atoms with Crippen LogP contribution in [0, 0.1) is 0 Å². The predicted octanol–water partition coefficient (Wildman–Crippen LogP) is 5.14. The van der Waals surface area contributed by atoms with Gasteiger partial charge in [-0.2, -0.15) is 0 Å². The minimum Gasteiger partial charge on any atom is -0.294 e. The maximum Gasteiger partial charge on any atom is 0.0102 e. The number of hydrogen-bond donors (Lipinski definition) is 0. The van der Waals surface area contributed by atoms with Gasteiger partial charge in [0.05, 0.1) is 0 Å². The molecule has 3 atom stereocenters. The molecule has 0 amide bonds. The molecule has 0 aromatic heterocycles. The van der Waals surface area contributed by atoms with Gasteiger partial charge in [0, 0.05) is 18.1 Å². The lowest BCUT2D eigenvalue weighted by atomic mass is 10.0. The first-order valence-corrected chi connectivity index (χ1v) is 8.64. The van der Waals surface area contributed by atoms with Gasteiger partial charge >= 0.3 is 0 Å². The van der Waals surface area contributed by atoms with Crippen molar-refractivity contribution >= 4 is 0 Å². The van der Waals surface area contributed by atoms with Gasteiger partial charge in [-0.15, -0.1) is 0 Å². The van der Waals surface area contributed by atoms with Crippen LogP contribution in [0.25, 0.3) is 0 Å². The number of unbranched alkanes of at least 4 members (excludes halogenated alkanes) is 4. The lowest BCUT2D eigenvalue weighted by Gasteiger charge is -2.31. The van der Waals surface area contributed by atoms with Crippen LogP contribution in [0.4, 0.5) is 0 Å². The molecule has 2 aliphatic heterocycles. The maximum atomic E-state index is 2.96. The first-order chi connectivity index (χ1) is 8.86. The Morgan fingerprint density at radius 3 is 1.94 bits per heavy atom. The van der Waals surface area contributed by atoms with E-state index in [-0.39, 0.29) is 0 Å². The van der Waals surface area contributed by atoms with Gasteiger partial charge in [0.2, 0.25) is 0 Å². The van der Waals surface area contributed by atoms with Gasteiger partial charge < -0.3 is 0 Å². The van der Waals surface area contributed by atoms with Crippen LogP contribution < -0.4 is 0 Å². The van der Waals surface area contributed by atoms with Gasteiger partial charge in [-0.1, -0.05) is 52.4 Å². The summed E-state index contributed by atoms with van der Waals surface area (Å²) in [4.78, 5) is 2.96. The molecule has 0 spiro atoms. The summed E-state index contributed by atoms with van der Waals surface area (Å²) in [6.45, 7) is 4.64. The van der Waals surface area contributed by atoms with Crippen LogP contribution in [-0.2, 0) is 0 Å². The van der Waals surface area contributed by atoms with Crippen LogP contribution in [0.1, 0.15) is 90.9 Å². The van der Waals surface area contributed by atoms with Crippen molar-refractivity contribution in [3.63, 3.8) is 0 Å². The first kappa shape index (κ1) is 14.4. The molecule has 0 radical (unpaired) electrons. The summed E-state index contributed by atoms with van der Waals surface area (Å²) in [6, 6.07) is 2.88. The molecule has 3 unspecified atom stereocenters. The summed E-state index contributed by atoms with van der Waals surface area (Å²) in [5.41, 5.74) is 0. The lowest BCUT2D eigenvalue weighted by molar-refractivity contribution is 0.161. The van der Waals surface area contributed by atoms with E-state index in [4.69, 9.17) is 0 Å². The largest absolute Gasteiger partial charge is 0.294 e. The van der Waals surface area contributed by atoms with E-state index in [0.29, 0.717) is 0 Å². The van der Waals surface area contributed by atoms with Crippen molar-refractivity contribution in [1.82, 2.24) is 4.90 Å². The molecule has 106 valence electrons. The summed E-state index contributed by atoms with van der Waals surface area (Å²) in [7, 11) is 0. The average molecular weight is 251 g/mol. The summed E-state index contributed by atoms with van der Waals surface area (Å²) in [6.07, 6.45) is 17.5. The number of nitrogens with zero attached hydrogens (tertiary/aromatic N) is 1. The smallest absolute Gasteiger partial charge is 0.0102 e. The molecule has 0 aliphatic carbocycles. The quantitative estimate of drug-likeness (QED) is 0.540. The minimum absolute atomic E-state index is 0.952. The highest BCUT2D eigenvalue weighted by Crippen LogP contribution is 2.40. The Hall–Kier alpha value is -0.0400. The first-order valence-electron chi connectivity index (χ1n) is 8.64. The Bertz CT molecular complexity index is 226. The van der Waals surface area contributed by atoms with E-state index in [9.17, 15) is 0 Å². The van der Waals surface area contributed by atoms with Crippen LogP contribution in [0.5, 0.6) is 0 Å². The van der Waals surface area contributed by atoms with Gasteiger partial charge in [-0.3, -0.25) is 4.90 Å². The third kappa shape index (κ3) is 3.50. The van der Waals surface area contributed by atoms with Crippen molar-refractivity contribution in [3.05, 3.63) is 0 Å². The highest BCUT2D eigenvalue weighted by atomic mass is 15.3. The van der Waals surface area contributed by atoms with Gasteiger partial charge in [-0.05, 0) is 38.5 Å². The van der Waals surface area contributed by atoms with Gasteiger partial charge in [0.1, 0.15) is 0 Å². The fourth-order valence-electron chi connectivity index (χ4n) is 4.24. The van der Waals surface area contributed by atoms with E-state index >= 15 is 0 Å². The second-order valence-electron chi connectivity index (χ2n) is 6.55. The van der Waals surface area contributed by atoms with E-state index < -0.39 is 0 Å². The van der Waals surface area contributed by atoms with Crippen LogP contribution in [-0.4, -0.2) is 23.0 Å². The Balaban J connectivity index is 1.76. The van der Waals surface area contributed by atoms with E-state index in [1.165, 1.54) is 77.0 Å². The zero-order chi connectivity index (χ0) is 12.8. The average Bonchev–Trinajstić information content (AvgIpc) is 2.95. The molecule has 18 heavy (non-hydrogen) atoms. The van der Waals surface area contributed by atoms with Gasteiger partial charge in [0.15, 0.2) is 0 Å². The molecule has 0 aromatic carbocycles. The molecule has 2 aliphatic rings. The van der Waals surface area contributed by atoms with Crippen molar-refractivity contribution in [2.75, 3.05) is 0 Å². The second-order valence-corrected chi connectivity index (χ2v) is 6.55. The monoisotopic (exact) mass is 251 g/mol. The molecule has 1 heteroatoms. The molecule has 0 N–H and O–H groups in total. The van der Waals surface area contributed by atoms with E-state index in [1.54, 1.807) is 0 Å². The van der Waals surface area contributed by atoms with Crippen molar-refractivity contribution < 1.29 is 0 Å². The summed E-state index contributed by atoms with van der Waals surface area (Å²) >= 11 is 0. The van der Waals surface area contributed by atoms with Crippen molar-refractivity contribution in [2.45, 2.75) is 109 Å². The second kappa shape index (κ2) is 7.53. The van der Waals surface area contributed by atoms with Crippen molar-refractivity contribution in [3.8, 4) is 0 Å². The molecule has 0 saturated carbocycles. The Kier molecular flexibility index (Phi) is 6.01. The predicted molar refractivity (Wildman–Crippen MR) is 80.0 cm³/mol. The van der Waals surface area contributed by atoms with Crippen LogP contribution in [0.15, 0.2) is 0 Å². The number of fused-ring (bicyclic) bond motifs is 1. The molecule has 2 fully saturated rings. The molecular formula is C17H33N. The maximum absolute atomic E-state index is 2.96. The van der Waals surface area contributed by atoms with Crippen LogP contribution >= 0.6 is 0 Å². The fraction of sp³-hybridized carbons (Fsp3) is 1.00. The minimum atomic E-state index is 0.952. The zero-order valence-corrected chi connectivity index (χ0v) is 12.7. The SMILES string of the molecule is CCCCCCC1CCC2CCC(CCCC)N12. The normalized spacial score (nSPS) is 32.0. The highest BCUT2D eigenvalue weighted by Gasteiger charge is 2.41. The molecule has 0 aromatic rings. The van der Waals surface area contributed by atoms with Crippen molar-refractivity contribution in [2.24, 2.45) is 0 Å².